The maximum Gasteiger partial charge on any atom is 0.0815 e. The first kappa shape index (κ1) is 16.0. The highest BCUT2D eigenvalue weighted by atomic mass is 15.3. The molecule has 0 saturated heterocycles. The van der Waals surface area contributed by atoms with Gasteiger partial charge in [-0.15, -0.1) is 0 Å². The third kappa shape index (κ3) is 4.11. The van der Waals surface area contributed by atoms with Crippen molar-refractivity contribution in [3.63, 3.8) is 0 Å². The summed E-state index contributed by atoms with van der Waals surface area (Å²) in [4.78, 5) is 0. The fourth-order valence-corrected chi connectivity index (χ4v) is 3.54. The van der Waals surface area contributed by atoms with E-state index in [1.54, 1.807) is 0 Å². The molecule has 1 nitrogen and oxygen atoms in total. The smallest absolute Gasteiger partial charge is 0.0815 e. The summed E-state index contributed by atoms with van der Waals surface area (Å²) >= 11 is 0. The zero-order chi connectivity index (χ0) is 16.3. The van der Waals surface area contributed by atoms with Gasteiger partial charge < -0.3 is 4.48 Å². The fourth-order valence-electron chi connectivity index (χ4n) is 3.54. The van der Waals surface area contributed by atoms with Crippen LogP contribution in [0.15, 0.2) is 60.7 Å². The van der Waals surface area contributed by atoms with E-state index in [-0.39, 0.29) is 0 Å². The summed E-state index contributed by atoms with van der Waals surface area (Å²) in [6, 6.07) is 19.9. The van der Waals surface area contributed by atoms with Crippen molar-refractivity contribution in [2.45, 2.75) is 19.3 Å². The Hall–Kier alpha value is -1.86. The molecule has 1 aliphatic rings. The van der Waals surface area contributed by atoms with Gasteiger partial charge >= 0.3 is 0 Å². The van der Waals surface area contributed by atoms with Crippen molar-refractivity contribution in [2.24, 2.45) is 5.92 Å². The molecular formula is C22H28N+. The predicted molar refractivity (Wildman–Crippen MR) is 99.3 cm³/mol. The molecule has 1 heteroatoms. The lowest BCUT2D eigenvalue weighted by molar-refractivity contribution is -0.869. The number of nitrogens with zero attached hydrogens (tertiary/aromatic N) is 1. The molecule has 0 amide bonds. The van der Waals surface area contributed by atoms with Gasteiger partial charge in [0, 0.05) is 6.42 Å². The van der Waals surface area contributed by atoms with Crippen molar-refractivity contribution in [1.82, 2.24) is 0 Å². The normalized spacial score (nSPS) is 15.7. The van der Waals surface area contributed by atoms with Crippen molar-refractivity contribution in [1.29, 1.82) is 0 Å². The van der Waals surface area contributed by atoms with E-state index in [1.165, 1.54) is 41.6 Å². The molecule has 2 aromatic carbocycles. The third-order valence-electron chi connectivity index (χ3n) is 4.76. The van der Waals surface area contributed by atoms with Crippen LogP contribution in [-0.4, -0.2) is 32.2 Å². The molecule has 120 valence electrons. The van der Waals surface area contributed by atoms with E-state index in [2.05, 4.69) is 81.8 Å². The Bertz CT molecular complexity index is 652. The summed E-state index contributed by atoms with van der Waals surface area (Å²) in [5, 5.41) is 0. The minimum absolute atomic E-state index is 0.627. The summed E-state index contributed by atoms with van der Waals surface area (Å²) in [5.74, 6) is 0.627. The van der Waals surface area contributed by atoms with E-state index in [9.17, 15) is 0 Å². The van der Waals surface area contributed by atoms with Gasteiger partial charge in [-0.1, -0.05) is 60.7 Å². The maximum absolute atomic E-state index is 2.50. The van der Waals surface area contributed by atoms with Crippen molar-refractivity contribution in [2.75, 3.05) is 27.7 Å². The molecule has 0 aliphatic heterocycles. The Morgan fingerprint density at radius 1 is 0.913 bits per heavy atom. The SMILES string of the molecule is C[N+](C)(C)CCC=C(c1ccccc1)C1Cc2ccccc2C1. The van der Waals surface area contributed by atoms with Crippen LogP contribution in [0.1, 0.15) is 23.1 Å². The molecule has 0 aromatic heterocycles. The van der Waals surface area contributed by atoms with Crippen molar-refractivity contribution in [3.05, 3.63) is 77.4 Å². The number of hydrogen-bond donors (Lipinski definition) is 0. The molecule has 0 N–H and O–H groups in total. The highest BCUT2D eigenvalue weighted by Crippen LogP contribution is 2.36. The second kappa shape index (κ2) is 6.72. The number of allylic oxidation sites excluding steroid dienone is 1. The number of fused-ring (bicyclic) bond motifs is 1. The van der Waals surface area contributed by atoms with Crippen LogP contribution in [0.4, 0.5) is 0 Å². The van der Waals surface area contributed by atoms with Crippen LogP contribution in [0.5, 0.6) is 0 Å². The molecule has 0 radical (unpaired) electrons. The van der Waals surface area contributed by atoms with Gasteiger partial charge in [0.05, 0.1) is 27.7 Å². The average Bonchev–Trinajstić information content (AvgIpc) is 2.95. The summed E-state index contributed by atoms with van der Waals surface area (Å²) < 4.78 is 1.02. The lowest BCUT2D eigenvalue weighted by Crippen LogP contribution is -2.35. The molecule has 0 saturated carbocycles. The van der Waals surface area contributed by atoms with Gasteiger partial charge in [-0.2, -0.15) is 0 Å². The van der Waals surface area contributed by atoms with Gasteiger partial charge in [0.1, 0.15) is 0 Å². The molecule has 23 heavy (non-hydrogen) atoms. The Kier molecular flexibility index (Phi) is 4.68. The summed E-state index contributed by atoms with van der Waals surface area (Å²) in [5.41, 5.74) is 6.00. The minimum atomic E-state index is 0.627. The van der Waals surface area contributed by atoms with Gasteiger partial charge in [0.25, 0.3) is 0 Å². The Balaban J connectivity index is 1.84. The molecule has 0 fully saturated rings. The highest BCUT2D eigenvalue weighted by Gasteiger charge is 2.24. The van der Waals surface area contributed by atoms with Gasteiger partial charge in [-0.3, -0.25) is 0 Å². The summed E-state index contributed by atoms with van der Waals surface area (Å²) in [6.07, 6.45) is 6.00. The van der Waals surface area contributed by atoms with Crippen molar-refractivity contribution >= 4 is 5.57 Å². The van der Waals surface area contributed by atoms with Crippen LogP contribution in [0.25, 0.3) is 5.57 Å². The zero-order valence-electron chi connectivity index (χ0n) is 14.6. The van der Waals surface area contributed by atoms with Crippen LogP contribution >= 0.6 is 0 Å². The number of hydrogen-bond acceptors (Lipinski definition) is 0. The van der Waals surface area contributed by atoms with Crippen molar-refractivity contribution in [3.8, 4) is 0 Å². The predicted octanol–water partition coefficient (Wildman–Crippen LogP) is 4.58. The molecular weight excluding hydrogens is 278 g/mol. The lowest BCUT2D eigenvalue weighted by atomic mass is 9.89. The monoisotopic (exact) mass is 306 g/mol. The topological polar surface area (TPSA) is 0 Å². The standard InChI is InChI=1S/C22H28N/c1-23(2,3)15-9-14-22(18-10-5-4-6-11-18)21-16-19-12-7-8-13-20(19)17-21/h4-8,10-14,21H,9,15-17H2,1-3H3/q+1. The van der Waals surface area contributed by atoms with Crippen LogP contribution in [-0.2, 0) is 12.8 Å². The quantitative estimate of drug-likeness (QED) is 0.709. The molecule has 0 atom stereocenters. The van der Waals surface area contributed by atoms with Crippen molar-refractivity contribution < 1.29 is 4.48 Å². The second-order valence-corrected chi connectivity index (χ2v) is 7.70. The van der Waals surface area contributed by atoms with Crippen LogP contribution in [0, 0.1) is 5.92 Å². The van der Waals surface area contributed by atoms with Gasteiger partial charge in [0.15, 0.2) is 0 Å². The van der Waals surface area contributed by atoms with Crippen LogP contribution in [0.2, 0.25) is 0 Å². The third-order valence-corrected chi connectivity index (χ3v) is 4.76. The van der Waals surface area contributed by atoms with E-state index in [4.69, 9.17) is 0 Å². The Morgan fingerprint density at radius 2 is 1.48 bits per heavy atom. The Labute approximate surface area is 140 Å². The molecule has 0 spiro atoms. The second-order valence-electron chi connectivity index (χ2n) is 7.70. The van der Waals surface area contributed by atoms with Gasteiger partial charge in [0.2, 0.25) is 0 Å². The average molecular weight is 306 g/mol. The Morgan fingerprint density at radius 3 is 2.04 bits per heavy atom. The molecule has 1 aliphatic carbocycles. The fraction of sp³-hybridized carbons (Fsp3) is 0.364. The molecule has 3 rings (SSSR count). The lowest BCUT2D eigenvalue weighted by Gasteiger charge is -2.23. The molecule has 2 aromatic rings. The van der Waals surface area contributed by atoms with E-state index < -0.39 is 0 Å². The molecule has 0 unspecified atom stereocenters. The first-order valence-electron chi connectivity index (χ1n) is 8.66. The van der Waals surface area contributed by atoms with E-state index >= 15 is 0 Å². The van der Waals surface area contributed by atoms with Gasteiger partial charge in [-0.25, -0.2) is 0 Å². The molecule has 0 bridgehead atoms. The first-order chi connectivity index (χ1) is 11.0. The summed E-state index contributed by atoms with van der Waals surface area (Å²) in [7, 11) is 6.80. The van der Waals surface area contributed by atoms with E-state index in [0.29, 0.717) is 5.92 Å². The number of rotatable bonds is 5. The zero-order valence-corrected chi connectivity index (χ0v) is 14.6. The molecule has 0 heterocycles. The van der Waals surface area contributed by atoms with Crippen LogP contribution in [0.3, 0.4) is 0 Å². The first-order valence-corrected chi connectivity index (χ1v) is 8.66. The number of quaternary nitrogens is 1. The number of benzene rings is 2. The van der Waals surface area contributed by atoms with Crippen LogP contribution < -0.4 is 0 Å². The highest BCUT2D eigenvalue weighted by molar-refractivity contribution is 5.69. The van der Waals surface area contributed by atoms with E-state index in [0.717, 1.165) is 10.9 Å². The van der Waals surface area contributed by atoms with E-state index in [1.807, 2.05) is 0 Å². The minimum Gasteiger partial charge on any atom is -0.331 e. The largest absolute Gasteiger partial charge is 0.331 e. The maximum atomic E-state index is 2.50. The summed E-state index contributed by atoms with van der Waals surface area (Å²) in [6.45, 7) is 1.18. The van der Waals surface area contributed by atoms with Gasteiger partial charge in [-0.05, 0) is 41.0 Å².